The molecule has 4 aliphatic rings. The van der Waals surface area contributed by atoms with E-state index in [-0.39, 0.29) is 49.5 Å². The molecule has 0 aromatic heterocycles. The zero-order chi connectivity index (χ0) is 77.5. The number of carbonyl (C=O) groups is 13. The van der Waals surface area contributed by atoms with Gasteiger partial charge in [0.05, 0.1) is 43.1 Å². The molecule has 0 radical (unpaired) electrons. The predicted octanol–water partition coefficient (Wildman–Crippen LogP) is 4.72. The van der Waals surface area contributed by atoms with Crippen molar-refractivity contribution in [2.75, 3.05) is 96.2 Å². The monoisotopic (exact) mass is 1480 g/mol. The highest BCUT2D eigenvalue weighted by Crippen LogP contribution is 2.37. The van der Waals surface area contributed by atoms with E-state index in [2.05, 4.69) is 21.3 Å². The number of aryl methyl sites for hydroxylation is 1. The fourth-order valence-corrected chi connectivity index (χ4v) is 14.3. The number of likely N-dealkylation sites (tertiary alicyclic amines) is 1. The lowest BCUT2D eigenvalue weighted by atomic mass is 9.84. The first-order chi connectivity index (χ1) is 47.9. The first kappa shape index (κ1) is 85.9. The molecule has 1 spiro atoms. The summed E-state index contributed by atoms with van der Waals surface area (Å²) in [5, 5.41) is 10.3. The van der Waals surface area contributed by atoms with Crippen molar-refractivity contribution >= 4 is 88.4 Å². The van der Waals surface area contributed by atoms with E-state index < -0.39 is 224 Å². The Bertz CT molecular complexity index is 3230. The Labute approximate surface area is 606 Å². The number of nitrogens with zero attached hydrogens (tertiary/aromatic N) is 9. The summed E-state index contributed by atoms with van der Waals surface area (Å²) in [5.41, 5.74) is -2.85. The summed E-state index contributed by atoms with van der Waals surface area (Å²) >= 11 is 6.14. The summed E-state index contributed by atoms with van der Waals surface area (Å²) in [4.78, 5) is 201. The summed E-state index contributed by atoms with van der Waals surface area (Å²) < 4.78 is 71.0. The standard InChI is InChI=1S/C71H109ClF5N13O13/c1-16-44(6)59-67(102)85(11)40-57(94)83(9)41-58(95)87(13)53(36-45-22-18-17-19-23-45)66(101)84(10)39-54(91)78-49(27-25-46-24-26-47(48(72)35-46)71(75,76)77)65(100)88(14)52(38-56(93)90-32-30-70(73,74)31-33-90)62(97)81-69(28-20-21-29-69)68(103)89(15)60(43(4)5)63(98)79-50(64(99)82(7)8)37-55(92)86(12)51(34-42(2)3)61(96)80-59/h24,26,35,42-45,49-53,59-60H,16-23,25,27-34,36-41H2,1-15H3,(H,78,91)(H,79,98)(H,80,96)(H,81,97)/t44-,49-,50-,51-,52-,53-,59-,60-/m0/s1. The van der Waals surface area contributed by atoms with Gasteiger partial charge in [-0.05, 0) is 79.9 Å². The Hall–Kier alpha value is -7.73. The first-order valence-corrected chi connectivity index (χ1v) is 36.1. The van der Waals surface area contributed by atoms with Crippen LogP contribution in [0.3, 0.4) is 0 Å². The van der Waals surface area contributed by atoms with Crippen LogP contribution in [0, 0.1) is 23.7 Å². The SMILES string of the molecule is CC[C@H](C)[C@@H]1NC(=O)[C@H](CC(C)C)N(C)C(=O)C[C@@H](C(=O)N(C)C)NC(=O)[C@H](C(C)C)N(C)C(=O)C2(CCCC2)NC(=O)[C@H](CC(=O)N2CCC(F)(F)CC2)N(C)C(=O)[C@H](CCc2ccc(C(F)(F)F)c(Cl)c2)NC(=O)CN(C)C(=O)[C@H](CC2CCCCC2)N(C)C(=O)CN(C)C(=O)CN(C)C1=O. The molecule has 2 aliphatic carbocycles. The van der Waals surface area contributed by atoms with Crippen LogP contribution in [-0.4, -0.2) is 271 Å². The normalized spacial score (nSPS) is 25.3. The number of nitrogens with one attached hydrogen (secondary N) is 4. The van der Waals surface area contributed by atoms with Crippen molar-refractivity contribution in [3.8, 4) is 0 Å². The third-order valence-corrected chi connectivity index (χ3v) is 21.0. The maximum atomic E-state index is 15.4. The second-order valence-electron chi connectivity index (χ2n) is 29.7. The van der Waals surface area contributed by atoms with Crippen LogP contribution in [0.2, 0.25) is 5.02 Å². The van der Waals surface area contributed by atoms with Gasteiger partial charge in [-0.2, -0.15) is 13.2 Å². The summed E-state index contributed by atoms with van der Waals surface area (Å²) in [6, 6.07) is -7.49. The highest BCUT2D eigenvalue weighted by atomic mass is 35.5. The Morgan fingerprint density at radius 2 is 1.23 bits per heavy atom. The summed E-state index contributed by atoms with van der Waals surface area (Å²) in [6.07, 6.45) is -3.34. The molecule has 4 fully saturated rings. The van der Waals surface area contributed by atoms with Gasteiger partial charge < -0.3 is 65.4 Å². The molecule has 1 aromatic carbocycles. The van der Waals surface area contributed by atoms with Gasteiger partial charge in [0.25, 0.3) is 5.92 Å². The molecule has 1 aromatic rings. The number of benzene rings is 1. The second-order valence-corrected chi connectivity index (χ2v) is 30.1. The lowest BCUT2D eigenvalue weighted by Crippen LogP contribution is -2.65. The molecule has 578 valence electrons. The van der Waals surface area contributed by atoms with Crippen LogP contribution in [0.15, 0.2) is 18.2 Å². The van der Waals surface area contributed by atoms with Crippen molar-refractivity contribution in [2.24, 2.45) is 23.7 Å². The van der Waals surface area contributed by atoms with Crippen molar-refractivity contribution in [2.45, 2.75) is 217 Å². The zero-order valence-electron chi connectivity index (χ0n) is 62.4. The van der Waals surface area contributed by atoms with E-state index in [0.717, 1.165) is 83.7 Å². The Morgan fingerprint density at radius 3 is 1.79 bits per heavy atom. The van der Waals surface area contributed by atoms with Crippen molar-refractivity contribution in [3.05, 3.63) is 34.3 Å². The third-order valence-electron chi connectivity index (χ3n) is 20.7. The fraction of sp³-hybridized carbons (Fsp3) is 0.732. The molecule has 0 bridgehead atoms. The molecule has 5 rings (SSSR count). The summed E-state index contributed by atoms with van der Waals surface area (Å²) in [5.74, 6) is -15.4. The van der Waals surface area contributed by atoms with Crippen molar-refractivity contribution in [1.29, 1.82) is 0 Å². The molecule has 2 aliphatic heterocycles. The van der Waals surface area contributed by atoms with Crippen molar-refractivity contribution in [3.63, 3.8) is 0 Å². The summed E-state index contributed by atoms with van der Waals surface area (Å²) in [7, 11) is 11.9. The molecule has 26 nitrogen and oxygen atoms in total. The van der Waals surface area contributed by atoms with Gasteiger partial charge in [0, 0.05) is 89.4 Å². The van der Waals surface area contributed by atoms with Crippen molar-refractivity contribution < 1.29 is 84.3 Å². The Morgan fingerprint density at radius 1 is 0.650 bits per heavy atom. The topological polar surface area (TPSA) is 299 Å². The van der Waals surface area contributed by atoms with Crippen LogP contribution >= 0.6 is 11.6 Å². The molecular weight excluding hydrogens is 1370 g/mol. The average Bonchev–Trinajstić information content (AvgIpc) is 1.75. The lowest BCUT2D eigenvalue weighted by Gasteiger charge is -2.40. The van der Waals surface area contributed by atoms with E-state index >= 15 is 14.4 Å². The Balaban J connectivity index is 1.67. The molecule has 2 heterocycles. The number of hydrogen-bond acceptors (Lipinski definition) is 13. The fourth-order valence-electron chi connectivity index (χ4n) is 14.0. The van der Waals surface area contributed by atoms with E-state index in [0.29, 0.717) is 32.1 Å². The van der Waals surface area contributed by atoms with Gasteiger partial charge in [-0.15, -0.1) is 0 Å². The maximum Gasteiger partial charge on any atom is 0.417 e. The van der Waals surface area contributed by atoms with E-state index in [1.807, 2.05) is 0 Å². The number of amides is 13. The third kappa shape index (κ3) is 23.1. The van der Waals surface area contributed by atoms with Crippen LogP contribution in [0.4, 0.5) is 22.0 Å². The van der Waals surface area contributed by atoms with E-state index in [9.17, 15) is 69.9 Å². The smallest absolute Gasteiger partial charge is 0.347 e. The minimum absolute atomic E-state index is 0.0483. The van der Waals surface area contributed by atoms with Gasteiger partial charge in [-0.25, -0.2) is 8.78 Å². The lowest BCUT2D eigenvalue weighted by molar-refractivity contribution is -0.151. The molecule has 32 heteroatoms. The number of piperidine rings is 1. The molecule has 13 amide bonds. The Kier molecular flexibility index (Phi) is 31.1. The quantitative estimate of drug-likeness (QED) is 0.195. The highest BCUT2D eigenvalue weighted by molar-refractivity contribution is 6.31. The van der Waals surface area contributed by atoms with Gasteiger partial charge in [-0.1, -0.05) is 111 Å². The molecule has 4 N–H and O–H groups in total. The van der Waals surface area contributed by atoms with Crippen LogP contribution in [0.25, 0.3) is 0 Å². The number of halogens is 6. The number of rotatable bonds is 13. The molecule has 103 heavy (non-hydrogen) atoms. The van der Waals surface area contributed by atoms with E-state index in [1.165, 1.54) is 61.3 Å². The minimum atomic E-state index is -4.84. The number of likely N-dealkylation sites (N-methyl/N-ethyl adjacent to an activating group) is 8. The zero-order valence-corrected chi connectivity index (χ0v) is 63.2. The highest BCUT2D eigenvalue weighted by Gasteiger charge is 2.50. The van der Waals surface area contributed by atoms with Gasteiger partial charge in [0.1, 0.15) is 47.8 Å². The summed E-state index contributed by atoms with van der Waals surface area (Å²) in [6.45, 7) is 7.53. The first-order valence-electron chi connectivity index (χ1n) is 35.7. The van der Waals surface area contributed by atoms with Gasteiger partial charge in [0.15, 0.2) is 0 Å². The largest absolute Gasteiger partial charge is 0.417 e. The number of hydrogen-bond donors (Lipinski definition) is 4. The van der Waals surface area contributed by atoms with Crippen LogP contribution in [0.5, 0.6) is 0 Å². The van der Waals surface area contributed by atoms with Gasteiger partial charge >= 0.3 is 6.18 Å². The molecule has 8 atom stereocenters. The molecule has 0 unspecified atom stereocenters. The van der Waals surface area contributed by atoms with Crippen molar-refractivity contribution in [1.82, 2.24) is 65.4 Å². The molecule has 2 saturated heterocycles. The van der Waals surface area contributed by atoms with E-state index in [4.69, 9.17) is 11.6 Å². The van der Waals surface area contributed by atoms with E-state index in [1.54, 1.807) is 41.5 Å². The second kappa shape index (κ2) is 37.3. The van der Waals surface area contributed by atoms with Crippen LogP contribution in [0.1, 0.15) is 162 Å². The molecular formula is C71H109ClF5N13O13. The maximum absolute atomic E-state index is 15.4. The van der Waals surface area contributed by atoms with Crippen LogP contribution in [-0.2, 0) is 74.9 Å². The number of alkyl halides is 5. The average molecular weight is 1480 g/mol. The minimum Gasteiger partial charge on any atom is -0.347 e. The van der Waals surface area contributed by atoms with Gasteiger partial charge in [-0.3, -0.25) is 62.3 Å². The van der Waals surface area contributed by atoms with Crippen LogP contribution < -0.4 is 21.3 Å². The number of carbonyl (C=O) groups excluding carboxylic acids is 13. The predicted molar refractivity (Wildman–Crippen MR) is 373 cm³/mol. The molecule has 2 saturated carbocycles. The van der Waals surface area contributed by atoms with Gasteiger partial charge in [0.2, 0.25) is 76.8 Å².